The zero-order chi connectivity index (χ0) is 13.1. The SMILES string of the molecule is CN1CCCC1O.O=C1OC1c1ccc(O)cc1. The summed E-state index contributed by atoms with van der Waals surface area (Å²) in [6.07, 6.45) is 1.57. The van der Waals surface area contributed by atoms with Crippen LogP contribution >= 0.6 is 0 Å². The van der Waals surface area contributed by atoms with Crippen LogP contribution in [0, 0.1) is 0 Å². The van der Waals surface area contributed by atoms with Crippen molar-refractivity contribution in [1.29, 1.82) is 0 Å². The topological polar surface area (TPSA) is 73.3 Å². The van der Waals surface area contributed by atoms with Gasteiger partial charge in [-0.2, -0.15) is 0 Å². The molecule has 0 radical (unpaired) electrons. The van der Waals surface area contributed by atoms with Crippen LogP contribution < -0.4 is 0 Å². The van der Waals surface area contributed by atoms with Gasteiger partial charge in [0.05, 0.1) is 0 Å². The van der Waals surface area contributed by atoms with E-state index in [4.69, 9.17) is 10.2 Å². The Morgan fingerprint density at radius 2 is 1.94 bits per heavy atom. The number of carbonyl (C=O) groups excluding carboxylic acids is 1. The maximum Gasteiger partial charge on any atom is 0.353 e. The largest absolute Gasteiger partial charge is 0.508 e. The fraction of sp³-hybridized carbons (Fsp3) is 0.462. The van der Waals surface area contributed by atoms with E-state index >= 15 is 0 Å². The number of carbonyl (C=O) groups is 1. The molecular weight excluding hydrogens is 234 g/mol. The average Bonchev–Trinajstić information content (AvgIpc) is 2.96. The first-order valence-electron chi connectivity index (χ1n) is 5.95. The van der Waals surface area contributed by atoms with Crippen molar-refractivity contribution in [3.05, 3.63) is 29.8 Å². The summed E-state index contributed by atoms with van der Waals surface area (Å²) >= 11 is 0. The van der Waals surface area contributed by atoms with Crippen LogP contribution in [0.2, 0.25) is 0 Å². The van der Waals surface area contributed by atoms with Gasteiger partial charge in [-0.1, -0.05) is 12.1 Å². The zero-order valence-electron chi connectivity index (χ0n) is 10.2. The summed E-state index contributed by atoms with van der Waals surface area (Å²) in [5.74, 6) is -0.00228. The Morgan fingerprint density at radius 3 is 2.28 bits per heavy atom. The number of aromatic hydroxyl groups is 1. The van der Waals surface area contributed by atoms with Crippen molar-refractivity contribution in [3.63, 3.8) is 0 Å². The summed E-state index contributed by atoms with van der Waals surface area (Å²) in [5, 5.41) is 17.8. The molecule has 0 aliphatic carbocycles. The number of aliphatic hydroxyl groups excluding tert-OH is 1. The number of phenols is 1. The van der Waals surface area contributed by atoms with Crippen LogP contribution in [0.1, 0.15) is 24.5 Å². The van der Waals surface area contributed by atoms with Crippen molar-refractivity contribution in [3.8, 4) is 5.75 Å². The molecule has 5 heteroatoms. The Kier molecular flexibility index (Phi) is 3.84. The Labute approximate surface area is 106 Å². The summed E-state index contributed by atoms with van der Waals surface area (Å²) in [6.45, 7) is 1.06. The fourth-order valence-electron chi connectivity index (χ4n) is 1.83. The number of hydrogen-bond acceptors (Lipinski definition) is 5. The highest BCUT2D eigenvalue weighted by atomic mass is 16.6. The molecule has 2 fully saturated rings. The van der Waals surface area contributed by atoms with Crippen molar-refractivity contribution >= 4 is 5.97 Å². The number of epoxide rings is 1. The van der Waals surface area contributed by atoms with Crippen molar-refractivity contribution < 1.29 is 19.7 Å². The van der Waals surface area contributed by atoms with Gasteiger partial charge < -0.3 is 14.9 Å². The van der Waals surface area contributed by atoms with E-state index in [-0.39, 0.29) is 24.1 Å². The second kappa shape index (κ2) is 5.37. The molecule has 2 N–H and O–H groups in total. The molecule has 3 rings (SSSR count). The molecule has 0 amide bonds. The third kappa shape index (κ3) is 3.21. The van der Waals surface area contributed by atoms with E-state index in [1.54, 1.807) is 12.1 Å². The second-order valence-electron chi connectivity index (χ2n) is 4.51. The van der Waals surface area contributed by atoms with Crippen molar-refractivity contribution in [2.45, 2.75) is 25.2 Å². The molecule has 2 heterocycles. The number of hydrogen-bond donors (Lipinski definition) is 2. The summed E-state index contributed by atoms with van der Waals surface area (Å²) in [7, 11) is 1.94. The number of benzene rings is 1. The molecule has 18 heavy (non-hydrogen) atoms. The second-order valence-corrected chi connectivity index (χ2v) is 4.51. The smallest absolute Gasteiger partial charge is 0.353 e. The third-order valence-corrected chi connectivity index (χ3v) is 3.07. The molecule has 1 aromatic rings. The van der Waals surface area contributed by atoms with Gasteiger partial charge in [-0.3, -0.25) is 4.90 Å². The van der Waals surface area contributed by atoms with Crippen molar-refractivity contribution in [2.24, 2.45) is 0 Å². The van der Waals surface area contributed by atoms with Crippen LogP contribution in [0.25, 0.3) is 0 Å². The van der Waals surface area contributed by atoms with Crippen LogP contribution in [0.3, 0.4) is 0 Å². The first-order valence-corrected chi connectivity index (χ1v) is 5.95. The van der Waals surface area contributed by atoms with Gasteiger partial charge in [-0.15, -0.1) is 0 Å². The van der Waals surface area contributed by atoms with E-state index in [1.807, 2.05) is 11.9 Å². The monoisotopic (exact) mass is 251 g/mol. The van der Waals surface area contributed by atoms with Gasteiger partial charge >= 0.3 is 5.97 Å². The van der Waals surface area contributed by atoms with Crippen LogP contribution in [-0.2, 0) is 9.53 Å². The molecular formula is C13H17NO4. The predicted molar refractivity (Wildman–Crippen MR) is 64.8 cm³/mol. The third-order valence-electron chi connectivity index (χ3n) is 3.07. The highest BCUT2D eigenvalue weighted by Crippen LogP contribution is 2.32. The minimum atomic E-state index is -0.379. The zero-order valence-corrected chi connectivity index (χ0v) is 10.2. The highest BCUT2D eigenvalue weighted by Gasteiger charge is 2.39. The predicted octanol–water partition coefficient (Wildman–Crippen LogP) is 1.02. The molecule has 2 atom stereocenters. The molecule has 0 spiro atoms. The summed E-state index contributed by atoms with van der Waals surface area (Å²) < 4.78 is 4.62. The van der Waals surface area contributed by atoms with Gasteiger partial charge in [0.1, 0.15) is 12.0 Å². The number of phenolic OH excluding ortho intramolecular Hbond substituents is 1. The number of rotatable bonds is 1. The van der Waals surface area contributed by atoms with Crippen LogP contribution in [-0.4, -0.2) is 40.9 Å². The summed E-state index contributed by atoms with van der Waals surface area (Å²) in [4.78, 5) is 12.4. The van der Waals surface area contributed by atoms with E-state index < -0.39 is 0 Å². The molecule has 0 saturated carbocycles. The molecule has 98 valence electrons. The number of nitrogens with zero attached hydrogens (tertiary/aromatic N) is 1. The Morgan fingerprint density at radius 1 is 1.33 bits per heavy atom. The number of cyclic esters (lactones) is 1. The fourth-order valence-corrected chi connectivity index (χ4v) is 1.83. The first-order chi connectivity index (χ1) is 8.58. The van der Waals surface area contributed by atoms with E-state index in [0.717, 1.165) is 24.9 Å². The van der Waals surface area contributed by atoms with Crippen LogP contribution in [0.15, 0.2) is 24.3 Å². The molecule has 0 bridgehead atoms. The summed E-state index contributed by atoms with van der Waals surface area (Å²) in [5.41, 5.74) is 0.799. The normalized spacial score (nSPS) is 26.2. The van der Waals surface area contributed by atoms with E-state index in [1.165, 1.54) is 12.1 Å². The molecule has 1 aromatic carbocycles. The Hall–Kier alpha value is -1.59. The molecule has 0 aromatic heterocycles. The first kappa shape index (κ1) is 12.9. The summed E-state index contributed by atoms with van der Waals surface area (Å²) in [6, 6.07) is 6.41. The molecule has 5 nitrogen and oxygen atoms in total. The van der Waals surface area contributed by atoms with Gasteiger partial charge in [-0.05, 0) is 32.0 Å². The Balaban J connectivity index is 0.000000149. The Bertz CT molecular complexity index is 410. The lowest BCUT2D eigenvalue weighted by Gasteiger charge is -2.10. The minimum absolute atomic E-state index is 0.153. The maximum absolute atomic E-state index is 10.5. The quantitative estimate of drug-likeness (QED) is 0.729. The maximum atomic E-state index is 10.5. The average molecular weight is 251 g/mol. The number of likely N-dealkylation sites (tertiary alicyclic amines) is 1. The van der Waals surface area contributed by atoms with Gasteiger partial charge in [0.2, 0.25) is 6.10 Å². The van der Waals surface area contributed by atoms with Crippen LogP contribution in [0.4, 0.5) is 0 Å². The van der Waals surface area contributed by atoms with Gasteiger partial charge in [-0.25, -0.2) is 4.79 Å². The van der Waals surface area contributed by atoms with Crippen molar-refractivity contribution in [1.82, 2.24) is 4.90 Å². The lowest BCUT2D eigenvalue weighted by atomic mass is 10.1. The van der Waals surface area contributed by atoms with Gasteiger partial charge in [0.25, 0.3) is 0 Å². The minimum Gasteiger partial charge on any atom is -0.508 e. The highest BCUT2D eigenvalue weighted by molar-refractivity contribution is 5.88. The van der Waals surface area contributed by atoms with E-state index in [2.05, 4.69) is 4.74 Å². The molecule has 2 saturated heterocycles. The van der Waals surface area contributed by atoms with E-state index in [0.29, 0.717) is 0 Å². The lowest BCUT2D eigenvalue weighted by molar-refractivity contribution is -0.117. The number of ether oxygens (including phenoxy) is 1. The van der Waals surface area contributed by atoms with Gasteiger partial charge in [0.15, 0.2) is 0 Å². The standard InChI is InChI=1S/C8H6O3.C5H11NO/c9-6-3-1-5(2-4-6)7-8(10)11-7;1-6-4-2-3-5(6)7/h1-4,7,9H;5,7H,2-4H2,1H3. The van der Waals surface area contributed by atoms with Crippen molar-refractivity contribution in [2.75, 3.05) is 13.6 Å². The van der Waals surface area contributed by atoms with Gasteiger partial charge in [0, 0.05) is 12.1 Å². The van der Waals surface area contributed by atoms with Crippen LogP contribution in [0.5, 0.6) is 5.75 Å². The molecule has 2 unspecified atom stereocenters. The van der Waals surface area contributed by atoms with E-state index in [9.17, 15) is 4.79 Å². The molecule has 2 aliphatic heterocycles. The molecule has 2 aliphatic rings. The lowest BCUT2D eigenvalue weighted by Crippen LogP contribution is -2.23. The number of aliphatic hydroxyl groups is 1.